The number of carbonyl (C=O) groups excluding carboxylic acids is 2. The number of anilines is 1. The number of fused-ring (bicyclic) bond motifs is 2. The van der Waals surface area contributed by atoms with Crippen molar-refractivity contribution in [1.29, 1.82) is 0 Å². The Balaban J connectivity index is 1.87. The number of ketones is 1. The molecule has 0 fully saturated rings. The minimum Gasteiger partial charge on any atom is -0.307 e. The summed E-state index contributed by atoms with van der Waals surface area (Å²) in [4.78, 5) is 25.8. The van der Waals surface area contributed by atoms with Crippen molar-refractivity contribution in [2.24, 2.45) is 0 Å². The molecule has 1 aliphatic rings. The predicted octanol–water partition coefficient (Wildman–Crippen LogP) is 4.08. The minimum absolute atomic E-state index is 0.0782. The third-order valence-corrected chi connectivity index (χ3v) is 4.34. The Labute approximate surface area is 148 Å². The lowest BCUT2D eigenvalue weighted by molar-refractivity contribution is -0.120. The zero-order chi connectivity index (χ0) is 17.6. The van der Waals surface area contributed by atoms with Crippen molar-refractivity contribution >= 4 is 17.4 Å². The number of para-hydroxylation sites is 1. The molecule has 0 saturated carbocycles. The van der Waals surface area contributed by atoms with E-state index in [1.807, 2.05) is 53.4 Å². The zero-order valence-corrected chi connectivity index (χ0v) is 14.4. The molecular weight excluding hydrogens is 310 g/mol. The molecule has 3 rings (SSSR count). The first-order valence-corrected chi connectivity index (χ1v) is 8.64. The van der Waals surface area contributed by atoms with E-state index in [9.17, 15) is 9.59 Å². The molecule has 2 aromatic rings. The van der Waals surface area contributed by atoms with Crippen molar-refractivity contribution in [1.82, 2.24) is 0 Å². The van der Waals surface area contributed by atoms with Gasteiger partial charge in [0.25, 0.3) is 0 Å². The Morgan fingerprint density at radius 3 is 2.36 bits per heavy atom. The van der Waals surface area contributed by atoms with Crippen LogP contribution in [-0.4, -0.2) is 11.7 Å². The number of nitrogens with zero attached hydrogens (tertiary/aromatic N) is 1. The molecule has 3 heteroatoms. The summed E-state index contributed by atoms with van der Waals surface area (Å²) < 4.78 is 0. The first-order valence-electron chi connectivity index (χ1n) is 8.64. The average molecular weight is 331 g/mol. The molecule has 126 valence electrons. The van der Waals surface area contributed by atoms with Gasteiger partial charge in [-0.25, -0.2) is 0 Å². The first-order chi connectivity index (χ1) is 12.1. The third kappa shape index (κ3) is 4.16. The number of carbonyl (C=O) groups is 2. The van der Waals surface area contributed by atoms with Crippen LogP contribution in [0.25, 0.3) is 0 Å². The van der Waals surface area contributed by atoms with Crippen LogP contribution >= 0.6 is 0 Å². The molecule has 0 atom stereocenters. The summed E-state index contributed by atoms with van der Waals surface area (Å²) >= 11 is 0. The van der Waals surface area contributed by atoms with E-state index in [0.717, 1.165) is 35.2 Å². The Morgan fingerprint density at radius 2 is 1.56 bits per heavy atom. The molecule has 0 radical (unpaired) electrons. The molecule has 0 aliphatic carbocycles. The fourth-order valence-corrected chi connectivity index (χ4v) is 2.99. The number of Topliss-reactive ketones (excluding diaryl/α,β-unsaturated/α-hetero) is 1. The largest absolute Gasteiger partial charge is 0.307 e. The van der Waals surface area contributed by atoms with Crippen LogP contribution < -0.4 is 4.90 Å². The Bertz CT molecular complexity index is 858. The summed E-state index contributed by atoms with van der Waals surface area (Å²) in [7, 11) is 0. The Morgan fingerprint density at radius 1 is 0.920 bits per heavy atom. The van der Waals surface area contributed by atoms with Gasteiger partial charge in [0.2, 0.25) is 5.91 Å². The van der Waals surface area contributed by atoms with Crippen LogP contribution in [0.3, 0.4) is 0 Å². The van der Waals surface area contributed by atoms with Gasteiger partial charge in [0.1, 0.15) is 5.78 Å². The standard InChI is InChI=1S/C22H21NO2/c1-17(24)8-2-7-13-22(25)23-16-20-11-4-3-9-18(20)14-15-19-10-5-6-12-21(19)23/h3-6,9-12H,2,7-8,13,16H2,1H3. The van der Waals surface area contributed by atoms with Crippen molar-refractivity contribution in [3.8, 4) is 11.8 Å². The SMILES string of the molecule is CC(=O)CCCCC(=O)N1Cc2ccccc2C#Cc2ccccc21. The highest BCUT2D eigenvalue weighted by molar-refractivity contribution is 5.95. The van der Waals surface area contributed by atoms with E-state index in [0.29, 0.717) is 19.4 Å². The van der Waals surface area contributed by atoms with Crippen LogP contribution in [0.2, 0.25) is 0 Å². The van der Waals surface area contributed by atoms with Gasteiger partial charge in [-0.2, -0.15) is 0 Å². The lowest BCUT2D eigenvalue weighted by atomic mass is 10.0. The van der Waals surface area contributed by atoms with Crippen molar-refractivity contribution in [2.45, 2.75) is 39.2 Å². The number of amides is 1. The average Bonchev–Trinajstić information content (AvgIpc) is 2.60. The first kappa shape index (κ1) is 17.0. The van der Waals surface area contributed by atoms with Crippen molar-refractivity contribution < 1.29 is 9.59 Å². The summed E-state index contributed by atoms with van der Waals surface area (Å²) in [5.41, 5.74) is 3.75. The van der Waals surface area contributed by atoms with E-state index >= 15 is 0 Å². The van der Waals surface area contributed by atoms with Crippen LogP contribution in [0.15, 0.2) is 48.5 Å². The van der Waals surface area contributed by atoms with Crippen LogP contribution in [0.1, 0.15) is 49.3 Å². The second-order valence-electron chi connectivity index (χ2n) is 6.31. The minimum atomic E-state index is 0.0782. The monoisotopic (exact) mass is 331 g/mol. The molecule has 1 aliphatic heterocycles. The Kier molecular flexibility index (Phi) is 5.30. The van der Waals surface area contributed by atoms with Gasteiger partial charge in [-0.3, -0.25) is 4.79 Å². The lowest BCUT2D eigenvalue weighted by Crippen LogP contribution is -2.31. The molecule has 1 heterocycles. The zero-order valence-electron chi connectivity index (χ0n) is 14.4. The molecule has 0 aromatic heterocycles. The van der Waals surface area contributed by atoms with Crippen LogP contribution in [-0.2, 0) is 16.1 Å². The fourth-order valence-electron chi connectivity index (χ4n) is 2.99. The summed E-state index contributed by atoms with van der Waals surface area (Å²) in [5.74, 6) is 6.67. The van der Waals surface area contributed by atoms with Gasteiger partial charge >= 0.3 is 0 Å². The number of rotatable bonds is 5. The van der Waals surface area contributed by atoms with Crippen molar-refractivity contribution in [2.75, 3.05) is 4.90 Å². The Hall–Kier alpha value is -2.86. The maximum atomic E-state index is 12.9. The van der Waals surface area contributed by atoms with E-state index in [2.05, 4.69) is 11.8 Å². The quantitative estimate of drug-likeness (QED) is 0.611. The molecule has 1 amide bonds. The topological polar surface area (TPSA) is 37.4 Å². The van der Waals surface area contributed by atoms with Gasteiger partial charge in [-0.1, -0.05) is 42.2 Å². The van der Waals surface area contributed by atoms with E-state index in [-0.39, 0.29) is 11.7 Å². The molecule has 0 N–H and O–H groups in total. The lowest BCUT2D eigenvalue weighted by Gasteiger charge is -2.26. The molecular formula is C22H21NO2. The van der Waals surface area contributed by atoms with E-state index < -0.39 is 0 Å². The second-order valence-corrected chi connectivity index (χ2v) is 6.31. The van der Waals surface area contributed by atoms with Gasteiger partial charge in [0, 0.05) is 24.0 Å². The van der Waals surface area contributed by atoms with Crippen LogP contribution in [0.5, 0.6) is 0 Å². The second kappa shape index (κ2) is 7.81. The van der Waals surface area contributed by atoms with Gasteiger partial charge < -0.3 is 9.69 Å². The molecule has 0 bridgehead atoms. The molecule has 0 unspecified atom stereocenters. The number of hydrogen-bond donors (Lipinski definition) is 0. The summed E-state index contributed by atoms with van der Waals surface area (Å²) in [6.45, 7) is 2.11. The third-order valence-electron chi connectivity index (χ3n) is 4.34. The summed E-state index contributed by atoms with van der Waals surface area (Å²) in [6.07, 6.45) is 2.47. The highest BCUT2D eigenvalue weighted by Crippen LogP contribution is 2.26. The smallest absolute Gasteiger partial charge is 0.227 e. The number of benzene rings is 2. The van der Waals surface area contributed by atoms with Gasteiger partial charge in [-0.05, 0) is 43.5 Å². The maximum Gasteiger partial charge on any atom is 0.227 e. The van der Waals surface area contributed by atoms with E-state index in [1.165, 1.54) is 0 Å². The highest BCUT2D eigenvalue weighted by atomic mass is 16.2. The molecule has 0 spiro atoms. The molecule has 0 saturated heterocycles. The predicted molar refractivity (Wildman–Crippen MR) is 99.2 cm³/mol. The van der Waals surface area contributed by atoms with Gasteiger partial charge in [0.15, 0.2) is 0 Å². The molecule has 25 heavy (non-hydrogen) atoms. The fraction of sp³-hybridized carbons (Fsp3) is 0.273. The van der Waals surface area contributed by atoms with E-state index in [4.69, 9.17) is 0 Å². The molecule has 2 aromatic carbocycles. The van der Waals surface area contributed by atoms with Crippen LogP contribution in [0, 0.1) is 11.8 Å². The van der Waals surface area contributed by atoms with Gasteiger partial charge in [0.05, 0.1) is 12.2 Å². The summed E-state index contributed by atoms with van der Waals surface area (Å²) in [6, 6.07) is 15.7. The number of hydrogen-bond acceptors (Lipinski definition) is 2. The normalized spacial score (nSPS) is 12.1. The van der Waals surface area contributed by atoms with E-state index in [1.54, 1.807) is 6.92 Å². The maximum absolute atomic E-state index is 12.9. The molecule has 3 nitrogen and oxygen atoms in total. The number of unbranched alkanes of at least 4 members (excludes halogenated alkanes) is 1. The van der Waals surface area contributed by atoms with Gasteiger partial charge in [-0.15, -0.1) is 0 Å². The highest BCUT2D eigenvalue weighted by Gasteiger charge is 2.20. The van der Waals surface area contributed by atoms with Crippen molar-refractivity contribution in [3.05, 3.63) is 65.2 Å². The van der Waals surface area contributed by atoms with Crippen LogP contribution in [0.4, 0.5) is 5.69 Å². The van der Waals surface area contributed by atoms with Crippen molar-refractivity contribution in [3.63, 3.8) is 0 Å². The summed E-state index contributed by atoms with van der Waals surface area (Å²) in [5, 5.41) is 0.